The lowest BCUT2D eigenvalue weighted by atomic mass is 10.0. The standard InChI is InChI=1S/C25H35N3O3S/c1-20(2)23-9-5-6-10-24(23)28(32(3,30)31)19-25(29)26-17-21-11-13-22(14-12-21)18-27-15-7-4-8-16-27/h5-6,9-14,20H,4,7-8,15-19H2,1-3H3,(H,26,29). The Balaban J connectivity index is 1.60. The molecule has 1 aliphatic heterocycles. The van der Waals surface area contributed by atoms with Crippen molar-refractivity contribution in [1.29, 1.82) is 0 Å². The van der Waals surface area contributed by atoms with Crippen molar-refractivity contribution in [3.05, 3.63) is 65.2 Å². The van der Waals surface area contributed by atoms with Gasteiger partial charge in [-0.3, -0.25) is 14.0 Å². The molecule has 7 heteroatoms. The molecule has 174 valence electrons. The maximum absolute atomic E-state index is 12.6. The van der Waals surface area contributed by atoms with Crippen LogP contribution >= 0.6 is 0 Å². The topological polar surface area (TPSA) is 69.7 Å². The number of sulfonamides is 1. The zero-order valence-corrected chi connectivity index (χ0v) is 20.2. The molecule has 0 atom stereocenters. The smallest absolute Gasteiger partial charge is 0.241 e. The van der Waals surface area contributed by atoms with Gasteiger partial charge < -0.3 is 5.32 Å². The minimum absolute atomic E-state index is 0.141. The van der Waals surface area contributed by atoms with Crippen LogP contribution in [0.1, 0.15) is 55.7 Å². The van der Waals surface area contributed by atoms with E-state index in [2.05, 4.69) is 22.3 Å². The highest BCUT2D eigenvalue weighted by Gasteiger charge is 2.23. The van der Waals surface area contributed by atoms with E-state index < -0.39 is 10.0 Å². The Morgan fingerprint density at radius 3 is 2.25 bits per heavy atom. The van der Waals surface area contributed by atoms with Crippen LogP contribution in [0.2, 0.25) is 0 Å². The van der Waals surface area contributed by atoms with Gasteiger partial charge in [0, 0.05) is 13.1 Å². The number of para-hydroxylation sites is 1. The molecule has 0 spiro atoms. The molecule has 0 aliphatic carbocycles. The van der Waals surface area contributed by atoms with E-state index in [1.54, 1.807) is 12.1 Å². The maximum atomic E-state index is 12.6. The second-order valence-electron chi connectivity index (χ2n) is 8.91. The van der Waals surface area contributed by atoms with Crippen molar-refractivity contribution in [2.45, 2.75) is 52.1 Å². The van der Waals surface area contributed by atoms with E-state index in [9.17, 15) is 13.2 Å². The molecule has 32 heavy (non-hydrogen) atoms. The first-order chi connectivity index (χ1) is 15.2. The summed E-state index contributed by atoms with van der Waals surface area (Å²) in [5.41, 5.74) is 3.72. The van der Waals surface area contributed by atoms with E-state index in [1.165, 1.54) is 29.1 Å². The molecule has 1 amide bonds. The normalized spacial score (nSPS) is 15.0. The molecule has 1 heterocycles. The summed E-state index contributed by atoms with van der Waals surface area (Å²) in [7, 11) is -3.60. The Bertz CT molecular complexity index is 997. The first kappa shape index (κ1) is 24.3. The SMILES string of the molecule is CC(C)c1ccccc1N(CC(=O)NCc1ccc(CN2CCCCC2)cc1)S(C)(=O)=O. The number of hydrogen-bond donors (Lipinski definition) is 1. The molecule has 1 saturated heterocycles. The van der Waals surface area contributed by atoms with Crippen molar-refractivity contribution < 1.29 is 13.2 Å². The Labute approximate surface area is 192 Å². The predicted octanol–water partition coefficient (Wildman–Crippen LogP) is 3.88. The van der Waals surface area contributed by atoms with Gasteiger partial charge in [0.15, 0.2) is 0 Å². The van der Waals surface area contributed by atoms with Crippen molar-refractivity contribution in [2.24, 2.45) is 0 Å². The predicted molar refractivity (Wildman–Crippen MR) is 130 cm³/mol. The van der Waals surface area contributed by atoms with Crippen LogP contribution in [0.25, 0.3) is 0 Å². The number of hydrogen-bond acceptors (Lipinski definition) is 4. The second kappa shape index (κ2) is 11.0. The van der Waals surface area contributed by atoms with Gasteiger partial charge in [-0.05, 0) is 54.6 Å². The highest BCUT2D eigenvalue weighted by molar-refractivity contribution is 7.92. The monoisotopic (exact) mass is 457 g/mol. The minimum Gasteiger partial charge on any atom is -0.350 e. The summed E-state index contributed by atoms with van der Waals surface area (Å²) in [6, 6.07) is 15.6. The Morgan fingerprint density at radius 1 is 1.00 bits per heavy atom. The summed E-state index contributed by atoms with van der Waals surface area (Å²) >= 11 is 0. The highest BCUT2D eigenvalue weighted by atomic mass is 32.2. The lowest BCUT2D eigenvalue weighted by Crippen LogP contribution is -2.40. The number of amides is 1. The van der Waals surface area contributed by atoms with E-state index in [1.807, 2.05) is 38.1 Å². The van der Waals surface area contributed by atoms with Crippen LogP contribution in [0.15, 0.2) is 48.5 Å². The number of carbonyl (C=O) groups excluding carboxylic acids is 1. The van der Waals surface area contributed by atoms with E-state index in [0.29, 0.717) is 12.2 Å². The molecular weight excluding hydrogens is 422 g/mol. The molecule has 0 unspecified atom stereocenters. The molecule has 2 aromatic rings. The zero-order valence-electron chi connectivity index (χ0n) is 19.4. The largest absolute Gasteiger partial charge is 0.350 e. The molecule has 0 radical (unpaired) electrons. The van der Waals surface area contributed by atoms with Crippen molar-refractivity contribution in [3.8, 4) is 0 Å². The highest BCUT2D eigenvalue weighted by Crippen LogP contribution is 2.28. The fourth-order valence-corrected chi connectivity index (χ4v) is 4.98. The Hall–Kier alpha value is -2.38. The second-order valence-corrected chi connectivity index (χ2v) is 10.8. The van der Waals surface area contributed by atoms with Crippen LogP contribution in [-0.4, -0.2) is 45.1 Å². The molecule has 0 saturated carbocycles. The van der Waals surface area contributed by atoms with Crippen LogP contribution in [0.3, 0.4) is 0 Å². The number of rotatable bonds is 9. The van der Waals surface area contributed by atoms with Crippen molar-refractivity contribution in [1.82, 2.24) is 10.2 Å². The van der Waals surface area contributed by atoms with Crippen LogP contribution in [0, 0.1) is 0 Å². The summed E-state index contributed by atoms with van der Waals surface area (Å²) < 4.78 is 26.1. The number of benzene rings is 2. The van der Waals surface area contributed by atoms with Crippen molar-refractivity contribution in [3.63, 3.8) is 0 Å². The van der Waals surface area contributed by atoms with Crippen LogP contribution in [0.5, 0.6) is 0 Å². The quantitative estimate of drug-likeness (QED) is 0.620. The molecule has 3 rings (SSSR count). The Kier molecular flexibility index (Phi) is 8.32. The van der Waals surface area contributed by atoms with Gasteiger partial charge in [0.1, 0.15) is 6.54 Å². The molecule has 6 nitrogen and oxygen atoms in total. The van der Waals surface area contributed by atoms with Gasteiger partial charge in [-0.15, -0.1) is 0 Å². The third-order valence-corrected chi connectivity index (χ3v) is 7.01. The summed E-state index contributed by atoms with van der Waals surface area (Å²) in [5, 5.41) is 2.87. The molecule has 2 aromatic carbocycles. The first-order valence-electron chi connectivity index (χ1n) is 11.4. The van der Waals surface area contributed by atoms with Gasteiger partial charge >= 0.3 is 0 Å². The summed E-state index contributed by atoms with van der Waals surface area (Å²) in [5.74, 6) is -0.187. The van der Waals surface area contributed by atoms with Gasteiger partial charge in [0.05, 0.1) is 11.9 Å². The average Bonchev–Trinajstić information content (AvgIpc) is 2.77. The first-order valence-corrected chi connectivity index (χ1v) is 13.2. The van der Waals surface area contributed by atoms with Gasteiger partial charge in [0.2, 0.25) is 15.9 Å². The lowest BCUT2D eigenvalue weighted by molar-refractivity contribution is -0.119. The number of nitrogens with one attached hydrogen (secondary N) is 1. The lowest BCUT2D eigenvalue weighted by Gasteiger charge is -2.26. The number of nitrogens with zero attached hydrogens (tertiary/aromatic N) is 2. The summed E-state index contributed by atoms with van der Waals surface area (Å²) in [6.45, 7) is 7.43. The zero-order chi connectivity index (χ0) is 23.1. The number of anilines is 1. The van der Waals surface area contributed by atoms with Gasteiger partial charge in [-0.1, -0.05) is 62.7 Å². The molecular formula is C25H35N3O3S. The molecule has 1 N–H and O–H groups in total. The summed E-state index contributed by atoms with van der Waals surface area (Å²) in [4.78, 5) is 15.1. The van der Waals surface area contributed by atoms with E-state index in [4.69, 9.17) is 0 Å². The van der Waals surface area contributed by atoms with Crippen LogP contribution < -0.4 is 9.62 Å². The van der Waals surface area contributed by atoms with Gasteiger partial charge in [-0.25, -0.2) is 8.42 Å². The van der Waals surface area contributed by atoms with Crippen molar-refractivity contribution >= 4 is 21.6 Å². The third kappa shape index (κ3) is 6.81. The van der Waals surface area contributed by atoms with Gasteiger partial charge in [-0.2, -0.15) is 0 Å². The minimum atomic E-state index is -3.60. The fourth-order valence-electron chi connectivity index (χ4n) is 4.11. The van der Waals surface area contributed by atoms with Crippen molar-refractivity contribution in [2.75, 3.05) is 30.2 Å². The van der Waals surface area contributed by atoms with Crippen LogP contribution in [-0.2, 0) is 27.9 Å². The summed E-state index contributed by atoms with van der Waals surface area (Å²) in [6.07, 6.45) is 5.01. The number of carbonyl (C=O) groups is 1. The number of piperidine rings is 1. The van der Waals surface area contributed by atoms with Crippen LogP contribution in [0.4, 0.5) is 5.69 Å². The fraction of sp³-hybridized carbons (Fsp3) is 0.480. The molecule has 1 aliphatic rings. The van der Waals surface area contributed by atoms with E-state index >= 15 is 0 Å². The third-order valence-electron chi connectivity index (χ3n) is 5.88. The average molecular weight is 458 g/mol. The maximum Gasteiger partial charge on any atom is 0.241 e. The molecule has 0 aromatic heterocycles. The molecule has 1 fully saturated rings. The van der Waals surface area contributed by atoms with Gasteiger partial charge in [0.25, 0.3) is 0 Å². The number of likely N-dealkylation sites (tertiary alicyclic amines) is 1. The van der Waals surface area contributed by atoms with E-state index in [-0.39, 0.29) is 18.4 Å². The molecule has 0 bridgehead atoms. The van der Waals surface area contributed by atoms with E-state index in [0.717, 1.165) is 37.0 Å². The Morgan fingerprint density at radius 2 is 1.62 bits per heavy atom.